The first-order valence-corrected chi connectivity index (χ1v) is 10.9. The van der Waals surface area contributed by atoms with Crippen molar-refractivity contribution in [3.8, 4) is 11.5 Å². The average Bonchev–Trinajstić information content (AvgIpc) is 2.81. The van der Waals surface area contributed by atoms with Gasteiger partial charge in [-0.1, -0.05) is 72.3 Å². The van der Waals surface area contributed by atoms with E-state index in [1.165, 1.54) is 0 Å². The van der Waals surface area contributed by atoms with Crippen LogP contribution >= 0.6 is 0 Å². The van der Waals surface area contributed by atoms with Gasteiger partial charge in [0.25, 0.3) is 0 Å². The molecule has 0 saturated carbocycles. The fourth-order valence-corrected chi connectivity index (χ4v) is 3.05. The summed E-state index contributed by atoms with van der Waals surface area (Å²) in [6, 6.07) is 25.8. The molecule has 0 radical (unpaired) electrons. The zero-order chi connectivity index (χ0) is 22.6. The van der Waals surface area contributed by atoms with E-state index in [1.807, 2.05) is 98.8 Å². The first kappa shape index (κ1) is 23.1. The van der Waals surface area contributed by atoms with Crippen molar-refractivity contribution in [3.05, 3.63) is 107 Å². The molecule has 0 aliphatic rings. The van der Waals surface area contributed by atoms with Crippen molar-refractivity contribution in [2.24, 2.45) is 0 Å². The number of allylic oxidation sites excluding steroid dienone is 1. The largest absolute Gasteiger partial charge is 0.489 e. The maximum Gasteiger partial charge on any atom is 0.306 e. The summed E-state index contributed by atoms with van der Waals surface area (Å²) in [6.07, 6.45) is 2.73. The molecule has 0 amide bonds. The molecule has 4 heteroatoms. The second kappa shape index (κ2) is 12.4. The minimum Gasteiger partial charge on any atom is -0.489 e. The molecule has 4 nitrogen and oxygen atoms in total. The summed E-state index contributed by atoms with van der Waals surface area (Å²) in [5, 5.41) is 0. The zero-order valence-corrected chi connectivity index (χ0v) is 18.8. The number of hydrogen-bond donors (Lipinski definition) is 0. The van der Waals surface area contributed by atoms with Crippen LogP contribution in [0.3, 0.4) is 0 Å². The molecule has 0 aliphatic heterocycles. The van der Waals surface area contributed by atoms with Crippen LogP contribution in [0.1, 0.15) is 37.0 Å². The van der Waals surface area contributed by atoms with E-state index in [0.29, 0.717) is 32.7 Å². The van der Waals surface area contributed by atoms with Crippen LogP contribution in [0.5, 0.6) is 11.5 Å². The smallest absolute Gasteiger partial charge is 0.306 e. The summed E-state index contributed by atoms with van der Waals surface area (Å²) in [5.74, 6) is 1.23. The molecule has 3 rings (SSSR count). The highest BCUT2D eigenvalue weighted by molar-refractivity contribution is 5.70. The van der Waals surface area contributed by atoms with Crippen LogP contribution in [0.2, 0.25) is 0 Å². The van der Waals surface area contributed by atoms with Crippen molar-refractivity contribution in [1.29, 1.82) is 0 Å². The SMILES string of the molecule is CC(C)=CCOC(=O)CCc1ccc(OCc2ccccc2)cc1OCc1ccccc1. The Bertz CT molecular complexity index is 1010. The van der Waals surface area contributed by atoms with E-state index in [1.54, 1.807) is 0 Å². The molecule has 0 N–H and O–H groups in total. The molecule has 0 aromatic heterocycles. The fraction of sp³-hybridized carbons (Fsp3) is 0.250. The number of ether oxygens (including phenoxy) is 3. The maximum atomic E-state index is 12.1. The van der Waals surface area contributed by atoms with Gasteiger partial charge in [-0.2, -0.15) is 0 Å². The van der Waals surface area contributed by atoms with Gasteiger partial charge < -0.3 is 14.2 Å². The normalized spacial score (nSPS) is 10.3. The van der Waals surface area contributed by atoms with E-state index in [-0.39, 0.29) is 5.97 Å². The van der Waals surface area contributed by atoms with Crippen LogP contribution < -0.4 is 9.47 Å². The van der Waals surface area contributed by atoms with Crippen molar-refractivity contribution in [3.63, 3.8) is 0 Å². The molecule has 3 aromatic rings. The number of aryl methyl sites for hydroxylation is 1. The first-order valence-electron chi connectivity index (χ1n) is 10.9. The van der Waals surface area contributed by atoms with Gasteiger partial charge in [0, 0.05) is 12.5 Å². The predicted molar refractivity (Wildman–Crippen MR) is 127 cm³/mol. The lowest BCUT2D eigenvalue weighted by atomic mass is 10.1. The lowest BCUT2D eigenvalue weighted by molar-refractivity contribution is -0.142. The Morgan fingerprint density at radius 1 is 0.812 bits per heavy atom. The van der Waals surface area contributed by atoms with Crippen molar-refractivity contribution in [2.45, 2.75) is 39.9 Å². The Labute approximate surface area is 190 Å². The van der Waals surface area contributed by atoms with E-state index >= 15 is 0 Å². The molecule has 3 aromatic carbocycles. The van der Waals surface area contributed by atoms with Crippen LogP contribution in [0.15, 0.2) is 90.5 Å². The number of hydrogen-bond acceptors (Lipinski definition) is 4. The van der Waals surface area contributed by atoms with Gasteiger partial charge in [0.15, 0.2) is 0 Å². The summed E-state index contributed by atoms with van der Waals surface area (Å²) in [5.41, 5.74) is 4.25. The highest BCUT2D eigenvalue weighted by atomic mass is 16.5. The number of rotatable bonds is 11. The number of benzene rings is 3. The Morgan fingerprint density at radius 3 is 2.06 bits per heavy atom. The molecule has 0 saturated heterocycles. The summed E-state index contributed by atoms with van der Waals surface area (Å²) in [4.78, 5) is 12.1. The van der Waals surface area contributed by atoms with Gasteiger partial charge in [-0.05, 0) is 49.1 Å². The molecule has 0 bridgehead atoms. The standard InChI is InChI=1S/C28H30O4/c1-22(2)17-18-30-28(29)16-14-25-13-15-26(31-20-23-9-5-3-6-10-23)19-27(25)32-21-24-11-7-4-8-12-24/h3-13,15,17,19H,14,16,18,20-21H2,1-2H3. The first-order chi connectivity index (χ1) is 15.6. The summed E-state index contributed by atoms with van der Waals surface area (Å²) in [6.45, 7) is 5.19. The summed E-state index contributed by atoms with van der Waals surface area (Å²) < 4.78 is 17.4. The lowest BCUT2D eigenvalue weighted by Gasteiger charge is -2.14. The van der Waals surface area contributed by atoms with Gasteiger partial charge in [0.2, 0.25) is 0 Å². The summed E-state index contributed by atoms with van der Waals surface area (Å²) >= 11 is 0. The molecule has 32 heavy (non-hydrogen) atoms. The highest BCUT2D eigenvalue weighted by Gasteiger charge is 2.11. The van der Waals surface area contributed by atoms with Gasteiger partial charge in [-0.15, -0.1) is 0 Å². The monoisotopic (exact) mass is 430 g/mol. The molecule has 166 valence electrons. The highest BCUT2D eigenvalue weighted by Crippen LogP contribution is 2.28. The van der Waals surface area contributed by atoms with Crippen molar-refractivity contribution >= 4 is 5.97 Å². The third-order valence-corrected chi connectivity index (χ3v) is 4.86. The zero-order valence-electron chi connectivity index (χ0n) is 18.8. The molecular weight excluding hydrogens is 400 g/mol. The number of esters is 1. The third-order valence-electron chi connectivity index (χ3n) is 4.86. The van der Waals surface area contributed by atoms with Crippen LogP contribution in [-0.4, -0.2) is 12.6 Å². The molecule has 0 fully saturated rings. The Morgan fingerprint density at radius 2 is 1.44 bits per heavy atom. The topological polar surface area (TPSA) is 44.8 Å². The fourth-order valence-electron chi connectivity index (χ4n) is 3.05. The quantitative estimate of drug-likeness (QED) is 0.265. The molecule has 0 spiro atoms. The minimum atomic E-state index is -0.221. The van der Waals surface area contributed by atoms with Crippen LogP contribution in [0.4, 0.5) is 0 Å². The van der Waals surface area contributed by atoms with E-state index in [9.17, 15) is 4.79 Å². The molecule has 0 heterocycles. The van der Waals surface area contributed by atoms with Crippen LogP contribution in [0.25, 0.3) is 0 Å². The van der Waals surface area contributed by atoms with E-state index in [2.05, 4.69) is 0 Å². The van der Waals surface area contributed by atoms with Gasteiger partial charge in [-0.3, -0.25) is 4.79 Å². The van der Waals surface area contributed by atoms with Crippen molar-refractivity contribution in [1.82, 2.24) is 0 Å². The molecular formula is C28H30O4. The molecule has 0 unspecified atom stereocenters. The summed E-state index contributed by atoms with van der Waals surface area (Å²) in [7, 11) is 0. The van der Waals surface area contributed by atoms with Crippen LogP contribution in [-0.2, 0) is 29.2 Å². The number of carbonyl (C=O) groups excluding carboxylic acids is 1. The van der Waals surface area contributed by atoms with E-state index < -0.39 is 0 Å². The van der Waals surface area contributed by atoms with Crippen LogP contribution in [0, 0.1) is 0 Å². The molecule has 0 atom stereocenters. The van der Waals surface area contributed by atoms with E-state index in [4.69, 9.17) is 14.2 Å². The van der Waals surface area contributed by atoms with E-state index in [0.717, 1.165) is 33.8 Å². The number of carbonyl (C=O) groups is 1. The van der Waals surface area contributed by atoms with Gasteiger partial charge in [0.05, 0.1) is 0 Å². The van der Waals surface area contributed by atoms with Crippen molar-refractivity contribution < 1.29 is 19.0 Å². The maximum absolute atomic E-state index is 12.1. The Balaban J connectivity index is 1.66. The Kier molecular flexibility index (Phi) is 8.93. The average molecular weight is 431 g/mol. The Hall–Kier alpha value is -3.53. The minimum absolute atomic E-state index is 0.221. The van der Waals surface area contributed by atoms with Gasteiger partial charge >= 0.3 is 5.97 Å². The second-order valence-corrected chi connectivity index (χ2v) is 7.78. The molecule has 0 aliphatic carbocycles. The predicted octanol–water partition coefficient (Wildman–Crippen LogP) is 6.29. The lowest BCUT2D eigenvalue weighted by Crippen LogP contribution is -2.07. The second-order valence-electron chi connectivity index (χ2n) is 7.78. The third kappa shape index (κ3) is 7.95. The van der Waals surface area contributed by atoms with Crippen molar-refractivity contribution in [2.75, 3.05) is 6.61 Å². The van der Waals surface area contributed by atoms with Gasteiger partial charge in [0.1, 0.15) is 31.3 Å². The van der Waals surface area contributed by atoms with Gasteiger partial charge in [-0.25, -0.2) is 0 Å².